The zero-order chi connectivity index (χ0) is 16.9. The van der Waals surface area contributed by atoms with Crippen molar-refractivity contribution in [2.75, 3.05) is 0 Å². The number of hydrogen-bond acceptors (Lipinski definition) is 3. The molecule has 0 spiro atoms. The van der Waals surface area contributed by atoms with Gasteiger partial charge in [-0.05, 0) is 56.4 Å². The van der Waals surface area contributed by atoms with Gasteiger partial charge in [-0.25, -0.2) is 8.42 Å². The largest absolute Gasteiger partial charge is 0.270 e. The van der Waals surface area contributed by atoms with Crippen molar-refractivity contribution in [2.24, 2.45) is 0 Å². The highest BCUT2D eigenvalue weighted by molar-refractivity contribution is 7.89. The highest BCUT2D eigenvalue weighted by Crippen LogP contribution is 2.44. The molecule has 3 heterocycles. The van der Waals surface area contributed by atoms with Gasteiger partial charge in [0.15, 0.2) is 0 Å². The van der Waals surface area contributed by atoms with E-state index in [1.165, 1.54) is 0 Å². The maximum Gasteiger partial charge on any atom is 0.243 e. The first-order valence-corrected chi connectivity index (χ1v) is 10.1. The van der Waals surface area contributed by atoms with Crippen LogP contribution in [0.5, 0.6) is 0 Å². The molecule has 5 nitrogen and oxygen atoms in total. The molecule has 2 saturated heterocycles. The fourth-order valence-corrected chi connectivity index (χ4v) is 6.56. The zero-order valence-corrected chi connectivity index (χ0v) is 15.0. The average molecular weight is 366 g/mol. The molecule has 0 amide bonds. The van der Waals surface area contributed by atoms with E-state index in [-0.39, 0.29) is 18.1 Å². The number of fused-ring (bicyclic) bond motifs is 2. The van der Waals surface area contributed by atoms with Gasteiger partial charge in [-0.1, -0.05) is 17.7 Å². The van der Waals surface area contributed by atoms with Gasteiger partial charge in [-0.3, -0.25) is 4.68 Å². The highest BCUT2D eigenvalue weighted by atomic mass is 35.5. The Morgan fingerprint density at radius 3 is 2.50 bits per heavy atom. The number of benzene rings is 1. The first-order chi connectivity index (χ1) is 11.5. The zero-order valence-electron chi connectivity index (χ0n) is 13.5. The molecule has 0 N–H and O–H groups in total. The van der Waals surface area contributed by atoms with E-state index in [0.717, 1.165) is 31.2 Å². The maximum absolute atomic E-state index is 13.3. The van der Waals surface area contributed by atoms with Crippen LogP contribution in [0.15, 0.2) is 41.6 Å². The Bertz CT molecular complexity index is 837. The summed E-state index contributed by atoms with van der Waals surface area (Å²) >= 11 is 6.05. The quantitative estimate of drug-likeness (QED) is 0.837. The minimum absolute atomic E-state index is 0.0429. The predicted octanol–water partition coefficient (Wildman–Crippen LogP) is 3.40. The summed E-state index contributed by atoms with van der Waals surface area (Å²) in [5.41, 5.74) is 0.744. The Labute approximate surface area is 147 Å². The molecule has 4 rings (SSSR count). The summed E-state index contributed by atoms with van der Waals surface area (Å²) in [5.74, 6) is 0. The topological polar surface area (TPSA) is 55.2 Å². The molecule has 7 heteroatoms. The second-order valence-corrected chi connectivity index (χ2v) is 8.99. The molecule has 2 atom stereocenters. The van der Waals surface area contributed by atoms with Crippen molar-refractivity contribution >= 4 is 21.6 Å². The summed E-state index contributed by atoms with van der Waals surface area (Å²) in [7, 11) is -3.52. The van der Waals surface area contributed by atoms with Crippen LogP contribution in [0.2, 0.25) is 5.02 Å². The van der Waals surface area contributed by atoms with Gasteiger partial charge in [0, 0.05) is 29.5 Å². The second kappa shape index (κ2) is 5.86. The summed E-state index contributed by atoms with van der Waals surface area (Å²) in [4.78, 5) is 0.337. The van der Waals surface area contributed by atoms with Crippen LogP contribution < -0.4 is 0 Å². The fraction of sp³-hybridized carbons (Fsp3) is 0.471. The molecule has 1 aromatic carbocycles. The van der Waals surface area contributed by atoms with E-state index in [0.29, 0.717) is 9.92 Å². The smallest absolute Gasteiger partial charge is 0.243 e. The van der Waals surface area contributed by atoms with E-state index in [1.807, 2.05) is 23.9 Å². The van der Waals surface area contributed by atoms with Crippen LogP contribution in [0.4, 0.5) is 0 Å². The van der Waals surface area contributed by atoms with Crippen molar-refractivity contribution in [3.63, 3.8) is 0 Å². The number of hydrogen-bond donors (Lipinski definition) is 0. The third-order valence-electron chi connectivity index (χ3n) is 5.25. The van der Waals surface area contributed by atoms with E-state index >= 15 is 0 Å². The molecule has 2 aromatic rings. The van der Waals surface area contributed by atoms with Crippen LogP contribution in [0.3, 0.4) is 0 Å². The van der Waals surface area contributed by atoms with Gasteiger partial charge in [-0.15, -0.1) is 0 Å². The van der Waals surface area contributed by atoms with Crippen molar-refractivity contribution < 1.29 is 8.42 Å². The number of nitrogens with zero attached hydrogens (tertiary/aromatic N) is 3. The molecule has 2 bridgehead atoms. The van der Waals surface area contributed by atoms with Crippen molar-refractivity contribution in [1.82, 2.24) is 14.1 Å². The van der Waals surface area contributed by atoms with E-state index in [1.54, 1.807) is 28.7 Å². The van der Waals surface area contributed by atoms with Gasteiger partial charge in [0.05, 0.1) is 10.9 Å². The Morgan fingerprint density at radius 1 is 1.17 bits per heavy atom. The monoisotopic (exact) mass is 365 g/mol. The lowest BCUT2D eigenvalue weighted by Crippen LogP contribution is -2.47. The Morgan fingerprint density at radius 2 is 1.88 bits per heavy atom. The molecule has 2 aliphatic rings. The number of rotatable bonds is 3. The molecule has 128 valence electrons. The maximum atomic E-state index is 13.3. The normalized spacial score (nSPS) is 27.5. The molecular weight excluding hydrogens is 346 g/mol. The predicted molar refractivity (Wildman–Crippen MR) is 92.5 cm³/mol. The summed E-state index contributed by atoms with van der Waals surface area (Å²) in [6, 6.07) is 7.36. The third kappa shape index (κ3) is 2.57. The molecular formula is C17H20ClN3O2S. The lowest BCUT2D eigenvalue weighted by atomic mass is 10.00. The van der Waals surface area contributed by atoms with Crippen LogP contribution in [0, 0.1) is 6.92 Å². The number of halogens is 1. The SMILES string of the molecule is Cc1ccc(Cl)cc1S(=O)(=O)N1C2CCC1CC(n1cccn1)C2. The van der Waals surface area contributed by atoms with Gasteiger partial charge >= 0.3 is 0 Å². The molecule has 0 radical (unpaired) electrons. The molecule has 0 aliphatic carbocycles. The number of aryl methyl sites for hydroxylation is 1. The van der Waals surface area contributed by atoms with E-state index in [2.05, 4.69) is 5.10 Å². The molecule has 0 saturated carbocycles. The lowest BCUT2D eigenvalue weighted by Gasteiger charge is -2.38. The molecule has 2 aliphatic heterocycles. The van der Waals surface area contributed by atoms with Crippen LogP contribution in [0.1, 0.15) is 37.3 Å². The first kappa shape index (κ1) is 16.1. The summed E-state index contributed by atoms with van der Waals surface area (Å²) in [6.45, 7) is 1.82. The second-order valence-electron chi connectivity index (χ2n) is 6.74. The van der Waals surface area contributed by atoms with Crippen molar-refractivity contribution in [1.29, 1.82) is 0 Å². The molecule has 1 aromatic heterocycles. The standard InChI is InChI=1S/C17H20ClN3O2S/c1-12-3-4-13(18)9-17(12)24(22,23)21-14-5-6-15(21)11-16(10-14)20-8-2-7-19-20/h2-4,7-9,14-16H,5-6,10-11H2,1H3. The third-order valence-corrected chi connectivity index (χ3v) is 7.63. The first-order valence-electron chi connectivity index (χ1n) is 8.25. The highest BCUT2D eigenvalue weighted by Gasteiger charge is 2.48. The molecule has 24 heavy (non-hydrogen) atoms. The van der Waals surface area contributed by atoms with Crippen LogP contribution in [-0.4, -0.2) is 34.6 Å². The molecule has 2 fully saturated rings. The van der Waals surface area contributed by atoms with E-state index in [4.69, 9.17) is 11.6 Å². The number of sulfonamides is 1. The van der Waals surface area contributed by atoms with Crippen LogP contribution >= 0.6 is 11.6 Å². The van der Waals surface area contributed by atoms with Crippen molar-refractivity contribution in [3.8, 4) is 0 Å². The van der Waals surface area contributed by atoms with Gasteiger partial charge in [0.25, 0.3) is 0 Å². The number of aromatic nitrogens is 2. The van der Waals surface area contributed by atoms with Gasteiger partial charge in [0.2, 0.25) is 10.0 Å². The summed E-state index contributed by atoms with van der Waals surface area (Å²) in [5, 5.41) is 4.80. The molecule has 2 unspecified atom stereocenters. The average Bonchev–Trinajstić information content (AvgIpc) is 3.17. The fourth-order valence-electron chi connectivity index (χ4n) is 4.18. The van der Waals surface area contributed by atoms with Gasteiger partial charge < -0.3 is 0 Å². The minimum Gasteiger partial charge on any atom is -0.270 e. The Kier molecular flexibility index (Phi) is 3.94. The van der Waals surface area contributed by atoms with Gasteiger partial charge in [-0.2, -0.15) is 9.40 Å². The van der Waals surface area contributed by atoms with Crippen LogP contribution in [0.25, 0.3) is 0 Å². The van der Waals surface area contributed by atoms with Crippen LogP contribution in [-0.2, 0) is 10.0 Å². The summed E-state index contributed by atoms with van der Waals surface area (Å²) in [6.07, 6.45) is 7.21. The lowest BCUT2D eigenvalue weighted by molar-refractivity contribution is 0.184. The minimum atomic E-state index is -3.52. The number of piperidine rings is 1. The Balaban J connectivity index is 1.67. The van der Waals surface area contributed by atoms with Gasteiger partial charge in [0.1, 0.15) is 0 Å². The van der Waals surface area contributed by atoms with Crippen molar-refractivity contribution in [2.45, 2.75) is 55.6 Å². The Hall–Kier alpha value is -1.37. The summed E-state index contributed by atoms with van der Waals surface area (Å²) < 4.78 is 30.2. The van der Waals surface area contributed by atoms with Crippen molar-refractivity contribution in [3.05, 3.63) is 47.2 Å². The van der Waals surface area contributed by atoms with E-state index in [9.17, 15) is 8.42 Å². The van der Waals surface area contributed by atoms with E-state index < -0.39 is 10.0 Å².